The van der Waals surface area contributed by atoms with E-state index in [1.807, 2.05) is 48.5 Å². The first-order valence-corrected chi connectivity index (χ1v) is 16.6. The van der Waals surface area contributed by atoms with E-state index in [0.29, 0.717) is 32.5 Å². The molecule has 45 heavy (non-hydrogen) atoms. The van der Waals surface area contributed by atoms with E-state index >= 15 is 0 Å². The number of rotatable bonds is 15. The van der Waals surface area contributed by atoms with Crippen molar-refractivity contribution >= 4 is 12.3 Å². The van der Waals surface area contributed by atoms with E-state index in [9.17, 15) is 14.7 Å². The molecule has 3 aliphatic rings. The minimum Gasteiger partial charge on any atom is -0.497 e. The van der Waals surface area contributed by atoms with E-state index in [1.165, 1.54) is 0 Å². The van der Waals surface area contributed by atoms with Crippen molar-refractivity contribution in [2.75, 3.05) is 20.8 Å². The fraction of sp³-hybridized carbons (Fsp3) is 0.579. The van der Waals surface area contributed by atoms with Crippen molar-refractivity contribution in [2.45, 2.75) is 78.6 Å². The summed E-state index contributed by atoms with van der Waals surface area (Å²) >= 11 is 0. The number of fused-ring (bicyclic) bond motifs is 2. The molecule has 2 aromatic rings. The Morgan fingerprint density at radius 1 is 0.956 bits per heavy atom. The number of carbonyl (C=O) groups excluding carboxylic acids is 2. The van der Waals surface area contributed by atoms with Crippen LogP contribution in [-0.4, -0.2) is 44.3 Å². The number of hydrogen-bond donors (Lipinski definition) is 1. The Bertz CT molecular complexity index is 1330. The molecular weight excluding hydrogens is 568 g/mol. The van der Waals surface area contributed by atoms with Gasteiger partial charge in [0.2, 0.25) is 0 Å². The minimum atomic E-state index is -1.01. The molecule has 1 N–H and O–H groups in total. The molecule has 7 atom stereocenters. The lowest BCUT2D eigenvalue weighted by Crippen LogP contribution is -2.53. The molecule has 0 aromatic heterocycles. The number of unbranched alkanes of at least 4 members (excludes halogenated alkanes) is 1. The normalized spacial score (nSPS) is 30.4. The van der Waals surface area contributed by atoms with Crippen LogP contribution in [0, 0.1) is 40.4 Å². The van der Waals surface area contributed by atoms with Crippen molar-refractivity contribution < 1.29 is 33.6 Å². The lowest BCUT2D eigenvalue weighted by atomic mass is 9.52. The summed E-state index contributed by atoms with van der Waals surface area (Å²) in [5, 5.41) is 11.2. The van der Waals surface area contributed by atoms with Crippen LogP contribution in [0.1, 0.15) is 70.4 Å². The summed E-state index contributed by atoms with van der Waals surface area (Å²) in [7, 11) is 3.28. The maximum atomic E-state index is 14.4. The molecule has 0 amide bonds. The van der Waals surface area contributed by atoms with Crippen LogP contribution in [0.4, 0.5) is 0 Å². The zero-order chi connectivity index (χ0) is 32.2. The highest BCUT2D eigenvalue weighted by molar-refractivity contribution is 5.89. The number of methoxy groups -OCH3 is 2. The van der Waals surface area contributed by atoms with Crippen LogP contribution in [0.15, 0.2) is 60.2 Å². The number of allylic oxidation sites excluding steroid dienone is 1. The maximum Gasteiger partial charge on any atom is 0.317 e. The number of aliphatic hydroxyl groups excluding tert-OH is 1. The van der Waals surface area contributed by atoms with Gasteiger partial charge in [0, 0.05) is 12.0 Å². The van der Waals surface area contributed by atoms with E-state index in [1.54, 1.807) is 14.2 Å². The van der Waals surface area contributed by atoms with Gasteiger partial charge in [-0.25, -0.2) is 0 Å². The quantitative estimate of drug-likeness (QED) is 0.100. The van der Waals surface area contributed by atoms with Crippen LogP contribution in [0.25, 0.3) is 0 Å². The molecule has 0 radical (unpaired) electrons. The fourth-order valence-electron chi connectivity index (χ4n) is 8.79. The molecule has 0 aliphatic heterocycles. The van der Waals surface area contributed by atoms with Gasteiger partial charge in [0.15, 0.2) is 0 Å². The number of ether oxygens (including phenoxy) is 4. The summed E-state index contributed by atoms with van der Waals surface area (Å²) in [6, 6.07) is 15.4. The topological polar surface area (TPSA) is 91.3 Å². The maximum absolute atomic E-state index is 14.4. The van der Waals surface area contributed by atoms with E-state index < -0.39 is 16.9 Å². The van der Waals surface area contributed by atoms with Crippen LogP contribution in [0.3, 0.4) is 0 Å². The predicted octanol–water partition coefficient (Wildman–Crippen LogP) is 6.94. The molecule has 5 rings (SSSR count). The molecule has 0 heterocycles. The van der Waals surface area contributed by atoms with E-state index in [-0.39, 0.29) is 42.2 Å². The van der Waals surface area contributed by atoms with Crippen molar-refractivity contribution in [3.05, 3.63) is 71.3 Å². The number of aldehydes is 1. The van der Waals surface area contributed by atoms with Gasteiger partial charge in [-0.1, -0.05) is 63.1 Å². The molecule has 3 aliphatic carbocycles. The van der Waals surface area contributed by atoms with Crippen molar-refractivity contribution in [1.29, 1.82) is 0 Å². The zero-order valence-corrected chi connectivity index (χ0v) is 27.5. The average molecular weight is 619 g/mol. The van der Waals surface area contributed by atoms with Gasteiger partial charge >= 0.3 is 5.97 Å². The van der Waals surface area contributed by atoms with Crippen molar-refractivity contribution in [3.8, 4) is 11.5 Å². The number of aliphatic hydroxyl groups is 1. The van der Waals surface area contributed by atoms with E-state index in [2.05, 4.69) is 26.8 Å². The number of carbonyl (C=O) groups is 2. The monoisotopic (exact) mass is 618 g/mol. The number of hydrogen-bond acceptors (Lipinski definition) is 7. The summed E-state index contributed by atoms with van der Waals surface area (Å²) in [5.41, 5.74) is 1.10. The Hall–Kier alpha value is -3.16. The van der Waals surface area contributed by atoms with Gasteiger partial charge in [0.05, 0.1) is 26.9 Å². The van der Waals surface area contributed by atoms with Gasteiger partial charge < -0.3 is 28.8 Å². The zero-order valence-electron chi connectivity index (χ0n) is 27.5. The smallest absolute Gasteiger partial charge is 0.317 e. The van der Waals surface area contributed by atoms with Gasteiger partial charge in [-0.3, -0.25) is 4.79 Å². The summed E-state index contributed by atoms with van der Waals surface area (Å²) in [4.78, 5) is 27.9. The first kappa shape index (κ1) is 33.2. The lowest BCUT2D eigenvalue weighted by Gasteiger charge is -2.49. The highest BCUT2D eigenvalue weighted by atomic mass is 16.5. The largest absolute Gasteiger partial charge is 0.497 e. The molecule has 244 valence electrons. The molecule has 0 saturated heterocycles. The lowest BCUT2D eigenvalue weighted by molar-refractivity contribution is -0.167. The minimum absolute atomic E-state index is 0.0463. The Labute approximate surface area is 268 Å². The second-order valence-electron chi connectivity index (χ2n) is 13.8. The Balaban J connectivity index is 1.30. The second kappa shape index (κ2) is 14.1. The summed E-state index contributed by atoms with van der Waals surface area (Å²) in [6.07, 6.45) is 7.32. The molecule has 2 fully saturated rings. The van der Waals surface area contributed by atoms with Crippen LogP contribution in [-0.2, 0) is 32.3 Å². The first-order chi connectivity index (χ1) is 21.7. The molecule has 7 nitrogen and oxygen atoms in total. The van der Waals surface area contributed by atoms with E-state index in [0.717, 1.165) is 53.7 Å². The molecule has 2 bridgehead atoms. The number of esters is 1. The average Bonchev–Trinajstić information content (AvgIpc) is 3.71. The second-order valence-corrected chi connectivity index (χ2v) is 13.8. The first-order valence-electron chi connectivity index (χ1n) is 16.6. The van der Waals surface area contributed by atoms with Crippen molar-refractivity contribution in [2.24, 2.45) is 40.4 Å². The molecule has 2 saturated carbocycles. The Kier molecular flexibility index (Phi) is 10.4. The summed E-state index contributed by atoms with van der Waals surface area (Å²) < 4.78 is 22.6. The van der Waals surface area contributed by atoms with Crippen molar-refractivity contribution in [3.63, 3.8) is 0 Å². The molecular formula is C38H50O7. The van der Waals surface area contributed by atoms with Gasteiger partial charge in [-0.2, -0.15) is 0 Å². The highest BCUT2D eigenvalue weighted by Gasteiger charge is 2.72. The molecule has 7 unspecified atom stereocenters. The van der Waals surface area contributed by atoms with Gasteiger partial charge in [0.25, 0.3) is 0 Å². The van der Waals surface area contributed by atoms with Crippen molar-refractivity contribution in [1.82, 2.24) is 0 Å². The predicted molar refractivity (Wildman–Crippen MR) is 173 cm³/mol. The third-order valence-corrected chi connectivity index (χ3v) is 11.0. The SMILES string of the molecule is COc1ccc(COCCCCC2C(C)C(O)CC2C2(C=O)CC3C=C(C(C)C)C2(C(=O)OCc2ccc(OC)cc2)C3)cc1. The molecule has 7 heteroatoms. The van der Waals surface area contributed by atoms with Crippen LogP contribution in [0.2, 0.25) is 0 Å². The molecule has 2 aromatic carbocycles. The Morgan fingerprint density at radius 2 is 1.58 bits per heavy atom. The van der Waals surface area contributed by atoms with Gasteiger partial charge in [0.1, 0.15) is 29.8 Å². The van der Waals surface area contributed by atoms with Crippen LogP contribution >= 0.6 is 0 Å². The van der Waals surface area contributed by atoms with Crippen LogP contribution in [0.5, 0.6) is 11.5 Å². The standard InChI is InChI=1S/C38H50O7/c1-25(2)33-18-29-20-37(24-39,38(33,21-29)36(41)45-23-28-11-15-31(43-5)16-12-28)34-19-35(40)26(3)32(34)8-6-7-17-44-22-27-9-13-30(42-4)14-10-27/h9-16,18,24-26,29,32,34-35,40H,6-8,17,19-23H2,1-5H3. The van der Waals surface area contributed by atoms with Gasteiger partial charge in [-0.15, -0.1) is 0 Å². The van der Waals surface area contributed by atoms with Crippen LogP contribution < -0.4 is 9.47 Å². The summed E-state index contributed by atoms with van der Waals surface area (Å²) in [6.45, 7) is 7.65. The van der Waals surface area contributed by atoms with E-state index in [4.69, 9.17) is 18.9 Å². The van der Waals surface area contributed by atoms with Gasteiger partial charge in [-0.05, 0) is 97.1 Å². The third-order valence-electron chi connectivity index (χ3n) is 11.0. The molecule has 0 spiro atoms. The fourth-order valence-corrected chi connectivity index (χ4v) is 8.79. The highest BCUT2D eigenvalue weighted by Crippen LogP contribution is 2.71. The third kappa shape index (κ3) is 6.31. The number of benzene rings is 2. The summed E-state index contributed by atoms with van der Waals surface area (Å²) in [5.74, 6) is 1.61. The Morgan fingerprint density at radius 3 is 2.16 bits per heavy atom.